The molecule has 11 heteroatoms. The summed E-state index contributed by atoms with van der Waals surface area (Å²) >= 11 is 0. The molecule has 0 aliphatic carbocycles. The Morgan fingerprint density at radius 2 is 1.91 bits per heavy atom. The van der Waals surface area contributed by atoms with Crippen LogP contribution < -0.4 is 22.0 Å². The van der Waals surface area contributed by atoms with E-state index in [0.717, 1.165) is 0 Å². The summed E-state index contributed by atoms with van der Waals surface area (Å²) in [5.41, 5.74) is 8.49. The van der Waals surface area contributed by atoms with Crippen molar-refractivity contribution in [1.29, 1.82) is 0 Å². The van der Waals surface area contributed by atoms with E-state index in [1.54, 1.807) is 25.1 Å². The van der Waals surface area contributed by atoms with Crippen LogP contribution in [0.15, 0.2) is 63.0 Å². The SMILES string of the molecule is Cc1ocnc1Cn1nc2c(-c3ccc(=O)[nH]c3)c(-c3ccc(F)cc3)[nH+]c(N)n2c1=O. The van der Waals surface area contributed by atoms with Gasteiger partial charge in [-0.2, -0.15) is 4.68 Å². The average molecular weight is 434 g/mol. The number of H-pyrrole nitrogens is 2. The highest BCUT2D eigenvalue weighted by Crippen LogP contribution is 2.31. The van der Waals surface area contributed by atoms with Crippen LogP contribution in [0.25, 0.3) is 28.0 Å². The minimum atomic E-state index is -0.479. The molecular formula is C21H17FN7O3+. The number of anilines is 1. The lowest BCUT2D eigenvalue weighted by molar-refractivity contribution is -0.351. The number of benzene rings is 1. The van der Waals surface area contributed by atoms with Crippen molar-refractivity contribution in [1.82, 2.24) is 24.1 Å². The van der Waals surface area contributed by atoms with E-state index >= 15 is 0 Å². The van der Waals surface area contributed by atoms with Gasteiger partial charge in [0, 0.05) is 23.4 Å². The predicted molar refractivity (Wildman–Crippen MR) is 112 cm³/mol. The van der Waals surface area contributed by atoms with E-state index in [2.05, 4.69) is 20.1 Å². The Morgan fingerprint density at radius 3 is 2.56 bits per heavy atom. The predicted octanol–water partition coefficient (Wildman–Crippen LogP) is 1.40. The maximum absolute atomic E-state index is 13.5. The summed E-state index contributed by atoms with van der Waals surface area (Å²) in [7, 11) is 0. The molecule has 5 rings (SSSR count). The summed E-state index contributed by atoms with van der Waals surface area (Å²) in [6.45, 7) is 1.82. The number of halogens is 1. The number of nitrogens with two attached hydrogens (primary N) is 1. The van der Waals surface area contributed by atoms with Crippen LogP contribution in [0, 0.1) is 12.7 Å². The summed E-state index contributed by atoms with van der Waals surface area (Å²) in [4.78, 5) is 34.5. The number of hydrogen-bond donors (Lipinski definition) is 2. The number of aromatic nitrogens is 6. The quantitative estimate of drug-likeness (QED) is 0.438. The smallest absolute Gasteiger partial charge is 0.411 e. The van der Waals surface area contributed by atoms with Gasteiger partial charge in [0.05, 0.1) is 12.1 Å². The van der Waals surface area contributed by atoms with Crippen LogP contribution in [0.4, 0.5) is 10.3 Å². The van der Waals surface area contributed by atoms with Gasteiger partial charge in [0.1, 0.15) is 23.0 Å². The highest BCUT2D eigenvalue weighted by molar-refractivity contribution is 5.88. The first-order valence-corrected chi connectivity index (χ1v) is 9.60. The minimum Gasteiger partial charge on any atom is -0.448 e. The molecule has 0 aliphatic rings. The number of rotatable bonds is 4. The lowest BCUT2D eigenvalue weighted by Gasteiger charge is -2.08. The van der Waals surface area contributed by atoms with Crippen molar-refractivity contribution in [2.24, 2.45) is 0 Å². The molecule has 0 spiro atoms. The van der Waals surface area contributed by atoms with E-state index in [4.69, 9.17) is 10.2 Å². The number of oxazole rings is 1. The van der Waals surface area contributed by atoms with Gasteiger partial charge in [-0.05, 0) is 37.3 Å². The molecule has 10 nitrogen and oxygen atoms in total. The van der Waals surface area contributed by atoms with E-state index in [1.165, 1.54) is 39.9 Å². The Labute approximate surface area is 178 Å². The molecule has 1 aromatic carbocycles. The van der Waals surface area contributed by atoms with Crippen molar-refractivity contribution in [3.05, 3.63) is 87.1 Å². The number of fused-ring (bicyclic) bond motifs is 1. The van der Waals surface area contributed by atoms with Crippen LogP contribution in [0.1, 0.15) is 11.5 Å². The zero-order valence-electron chi connectivity index (χ0n) is 16.8. The van der Waals surface area contributed by atoms with Gasteiger partial charge < -0.3 is 9.40 Å². The Balaban J connectivity index is 1.82. The van der Waals surface area contributed by atoms with Crippen molar-refractivity contribution in [2.75, 3.05) is 5.73 Å². The van der Waals surface area contributed by atoms with E-state index in [9.17, 15) is 14.0 Å². The van der Waals surface area contributed by atoms with Gasteiger partial charge in [-0.3, -0.25) is 10.5 Å². The first-order valence-electron chi connectivity index (χ1n) is 9.60. The molecule has 0 aliphatic heterocycles. The fourth-order valence-corrected chi connectivity index (χ4v) is 3.54. The van der Waals surface area contributed by atoms with E-state index in [0.29, 0.717) is 33.8 Å². The number of nitrogen functional groups attached to an aromatic ring is 1. The minimum absolute atomic E-state index is 0.0422. The normalized spacial score (nSPS) is 11.3. The summed E-state index contributed by atoms with van der Waals surface area (Å²) in [5.74, 6) is 0.221. The fraction of sp³-hybridized carbons (Fsp3) is 0.0952. The summed E-state index contributed by atoms with van der Waals surface area (Å²) in [5, 5.41) is 4.51. The number of pyridine rings is 1. The Hall–Kier alpha value is -4.54. The third kappa shape index (κ3) is 3.16. The van der Waals surface area contributed by atoms with Crippen molar-refractivity contribution in [3.8, 4) is 22.4 Å². The molecule has 0 fully saturated rings. The second-order valence-electron chi connectivity index (χ2n) is 7.16. The third-order valence-electron chi connectivity index (χ3n) is 5.16. The second kappa shape index (κ2) is 7.30. The first-order chi connectivity index (χ1) is 15.4. The molecule has 0 unspecified atom stereocenters. The molecule has 4 heterocycles. The lowest BCUT2D eigenvalue weighted by Crippen LogP contribution is -2.28. The van der Waals surface area contributed by atoms with Crippen LogP contribution in [0.2, 0.25) is 0 Å². The van der Waals surface area contributed by atoms with Gasteiger partial charge in [0.15, 0.2) is 6.39 Å². The average Bonchev–Trinajstić information content (AvgIpc) is 3.33. The summed E-state index contributed by atoms with van der Waals surface area (Å²) in [6.07, 6.45) is 2.81. The Bertz CT molecular complexity index is 1560. The molecule has 0 radical (unpaired) electrons. The number of nitrogens with one attached hydrogen (secondary N) is 2. The molecule has 4 aromatic heterocycles. The second-order valence-corrected chi connectivity index (χ2v) is 7.16. The highest BCUT2D eigenvalue weighted by atomic mass is 19.1. The fourth-order valence-electron chi connectivity index (χ4n) is 3.54. The molecule has 160 valence electrons. The highest BCUT2D eigenvalue weighted by Gasteiger charge is 2.26. The van der Waals surface area contributed by atoms with Gasteiger partial charge in [0.2, 0.25) is 11.2 Å². The van der Waals surface area contributed by atoms with Crippen molar-refractivity contribution in [2.45, 2.75) is 13.5 Å². The number of aryl methyl sites for hydroxylation is 1. The van der Waals surface area contributed by atoms with E-state index < -0.39 is 11.5 Å². The molecule has 4 N–H and O–H groups in total. The molecule has 0 saturated carbocycles. The van der Waals surface area contributed by atoms with Crippen molar-refractivity contribution in [3.63, 3.8) is 0 Å². The Morgan fingerprint density at radius 1 is 1.16 bits per heavy atom. The molecule has 0 saturated heterocycles. The summed E-state index contributed by atoms with van der Waals surface area (Å²) < 4.78 is 21.2. The van der Waals surface area contributed by atoms with Crippen molar-refractivity contribution < 1.29 is 13.8 Å². The molecule has 0 bridgehead atoms. The maximum Gasteiger partial charge on any atom is 0.411 e. The molecule has 0 amide bonds. The largest absolute Gasteiger partial charge is 0.448 e. The van der Waals surface area contributed by atoms with Crippen LogP contribution >= 0.6 is 0 Å². The van der Waals surface area contributed by atoms with E-state index in [-0.39, 0.29) is 23.7 Å². The lowest BCUT2D eigenvalue weighted by atomic mass is 10.0. The topological polar surface area (TPSA) is 138 Å². The van der Waals surface area contributed by atoms with Crippen LogP contribution in [-0.4, -0.2) is 24.1 Å². The Kier molecular flexibility index (Phi) is 4.43. The monoisotopic (exact) mass is 434 g/mol. The molecule has 32 heavy (non-hydrogen) atoms. The third-order valence-corrected chi connectivity index (χ3v) is 5.16. The van der Waals surface area contributed by atoms with Gasteiger partial charge in [-0.15, -0.1) is 9.50 Å². The standard InChI is InChI=1S/C21H16FN7O3/c1-11-15(25-10-32-11)9-28-21(31)29-19(27-28)17(13-4-7-16(30)24-8-13)18(26-20(29)23)12-2-5-14(22)6-3-12/h2-8,10H,9H2,1H3,(H2,23,26)(H,24,30)/p+1. The van der Waals surface area contributed by atoms with Crippen LogP contribution in [-0.2, 0) is 6.54 Å². The van der Waals surface area contributed by atoms with Gasteiger partial charge in [-0.1, -0.05) is 0 Å². The first kappa shape index (κ1) is 19.4. The number of nitrogens with zero attached hydrogens (tertiary/aromatic N) is 4. The molecular weight excluding hydrogens is 417 g/mol. The van der Waals surface area contributed by atoms with Crippen LogP contribution in [0.5, 0.6) is 0 Å². The van der Waals surface area contributed by atoms with Crippen molar-refractivity contribution >= 4 is 11.6 Å². The zero-order valence-corrected chi connectivity index (χ0v) is 16.8. The van der Waals surface area contributed by atoms with Gasteiger partial charge >= 0.3 is 11.6 Å². The zero-order chi connectivity index (χ0) is 22.4. The van der Waals surface area contributed by atoms with Gasteiger partial charge in [0.25, 0.3) is 0 Å². The van der Waals surface area contributed by atoms with Crippen LogP contribution in [0.3, 0.4) is 0 Å². The molecule has 0 atom stereocenters. The summed E-state index contributed by atoms with van der Waals surface area (Å²) in [6, 6.07) is 8.78. The maximum atomic E-state index is 13.5. The number of hydrogen-bond acceptors (Lipinski definition) is 6. The number of aromatic amines is 2. The van der Waals surface area contributed by atoms with Gasteiger partial charge in [-0.25, -0.2) is 19.2 Å². The molecule has 5 aromatic rings. The van der Waals surface area contributed by atoms with E-state index in [1.807, 2.05) is 0 Å².